The Morgan fingerprint density at radius 3 is 2.26 bits per heavy atom. The van der Waals surface area contributed by atoms with Gasteiger partial charge in [0, 0.05) is 29.1 Å². The number of carbonyl (C=O) groups is 2. The molecule has 0 radical (unpaired) electrons. The van der Waals surface area contributed by atoms with Crippen molar-refractivity contribution in [2.24, 2.45) is 0 Å². The van der Waals surface area contributed by atoms with Gasteiger partial charge in [0.25, 0.3) is 0 Å². The predicted octanol–water partition coefficient (Wildman–Crippen LogP) is 4.59. The summed E-state index contributed by atoms with van der Waals surface area (Å²) in [6.07, 6.45) is 5.19. The molecular weight excluding hydrogens is 554 g/mol. The summed E-state index contributed by atoms with van der Waals surface area (Å²) in [4.78, 5) is 28.0. The second kappa shape index (κ2) is 12.3. The maximum absolute atomic E-state index is 13.4. The Labute approximate surface area is 221 Å². The van der Waals surface area contributed by atoms with Gasteiger partial charge in [-0.1, -0.05) is 58.9 Å². The van der Waals surface area contributed by atoms with Crippen LogP contribution < -0.4 is 5.32 Å². The van der Waals surface area contributed by atoms with Gasteiger partial charge in [0.15, 0.2) is 0 Å². The predicted molar refractivity (Wildman–Crippen MR) is 140 cm³/mol. The molecule has 0 aliphatic heterocycles. The zero-order chi connectivity index (χ0) is 25.6. The molecule has 0 spiro atoms. The lowest BCUT2D eigenvalue weighted by Gasteiger charge is -2.32. The fourth-order valence-electron chi connectivity index (χ4n) is 4.09. The van der Waals surface area contributed by atoms with Crippen LogP contribution in [0.4, 0.5) is 0 Å². The molecule has 2 aromatic rings. The maximum atomic E-state index is 13.4. The molecule has 1 atom stereocenters. The van der Waals surface area contributed by atoms with Crippen molar-refractivity contribution in [3.05, 3.63) is 63.6 Å². The monoisotopic (exact) mass is 583 g/mol. The Morgan fingerprint density at radius 2 is 1.66 bits per heavy atom. The Kier molecular flexibility index (Phi) is 9.75. The molecular formula is C25H31BrClN3O4S. The van der Waals surface area contributed by atoms with Crippen molar-refractivity contribution in [1.82, 2.24) is 14.5 Å². The lowest BCUT2D eigenvalue weighted by molar-refractivity contribution is -0.141. The molecule has 1 fully saturated rings. The van der Waals surface area contributed by atoms with E-state index in [1.807, 2.05) is 24.3 Å². The number of nitrogens with zero attached hydrogens (tertiary/aromatic N) is 2. The highest BCUT2D eigenvalue weighted by Gasteiger charge is 2.31. The third kappa shape index (κ3) is 7.52. The van der Waals surface area contributed by atoms with E-state index in [9.17, 15) is 18.0 Å². The van der Waals surface area contributed by atoms with Crippen molar-refractivity contribution >= 4 is 49.4 Å². The van der Waals surface area contributed by atoms with Crippen molar-refractivity contribution in [1.29, 1.82) is 0 Å². The van der Waals surface area contributed by atoms with Crippen LogP contribution in [-0.2, 0) is 26.2 Å². The fourth-order valence-corrected chi connectivity index (χ4v) is 5.60. The lowest BCUT2D eigenvalue weighted by Crippen LogP contribution is -2.52. The van der Waals surface area contributed by atoms with Crippen LogP contribution in [0.1, 0.15) is 44.6 Å². The molecule has 0 bridgehead atoms. The maximum Gasteiger partial charge on any atom is 0.243 e. The van der Waals surface area contributed by atoms with Crippen LogP contribution in [0.3, 0.4) is 0 Å². The zero-order valence-electron chi connectivity index (χ0n) is 19.9. The van der Waals surface area contributed by atoms with Crippen molar-refractivity contribution in [3.8, 4) is 0 Å². The quantitative estimate of drug-likeness (QED) is 0.467. The lowest BCUT2D eigenvalue weighted by atomic mass is 9.95. The van der Waals surface area contributed by atoms with Gasteiger partial charge in [0.05, 0.1) is 11.4 Å². The topological polar surface area (TPSA) is 86.8 Å². The van der Waals surface area contributed by atoms with Crippen LogP contribution in [-0.4, -0.2) is 55.1 Å². The normalized spacial score (nSPS) is 15.6. The number of carbonyl (C=O) groups excluding carboxylic acids is 2. The first-order valence-corrected chi connectivity index (χ1v) is 14.2. The average Bonchev–Trinajstić information content (AvgIpc) is 2.84. The number of hydrogen-bond acceptors (Lipinski definition) is 4. The third-order valence-electron chi connectivity index (χ3n) is 6.26. The van der Waals surface area contributed by atoms with E-state index in [4.69, 9.17) is 11.6 Å². The Bertz CT molecular complexity index is 1120. The van der Waals surface area contributed by atoms with Crippen LogP contribution in [0.25, 0.3) is 0 Å². The van der Waals surface area contributed by atoms with E-state index in [0.717, 1.165) is 40.0 Å². The molecule has 2 amide bonds. The molecule has 3 rings (SSSR count). The number of sulfonamides is 1. The van der Waals surface area contributed by atoms with Crippen LogP contribution in [0.2, 0.25) is 5.02 Å². The van der Waals surface area contributed by atoms with E-state index in [2.05, 4.69) is 21.2 Å². The summed E-state index contributed by atoms with van der Waals surface area (Å²) in [6, 6.07) is 12.6. The highest BCUT2D eigenvalue weighted by Crippen LogP contribution is 2.20. The number of halogens is 2. The van der Waals surface area contributed by atoms with Gasteiger partial charge < -0.3 is 10.2 Å². The molecule has 2 aromatic carbocycles. The number of nitrogens with one attached hydrogen (secondary N) is 1. The van der Waals surface area contributed by atoms with E-state index < -0.39 is 28.5 Å². The number of hydrogen-bond donors (Lipinski definition) is 1. The molecule has 10 heteroatoms. The average molecular weight is 585 g/mol. The van der Waals surface area contributed by atoms with Gasteiger partial charge in [-0.2, -0.15) is 4.31 Å². The number of likely N-dealkylation sites (N-methyl/N-ethyl adjacent to an activating group) is 1. The van der Waals surface area contributed by atoms with Crippen molar-refractivity contribution in [2.75, 3.05) is 13.6 Å². The van der Waals surface area contributed by atoms with Crippen molar-refractivity contribution < 1.29 is 18.0 Å². The Balaban J connectivity index is 1.78. The number of benzene rings is 2. The van der Waals surface area contributed by atoms with E-state index in [1.54, 1.807) is 6.92 Å². The molecule has 0 saturated heterocycles. The molecule has 190 valence electrons. The van der Waals surface area contributed by atoms with Gasteiger partial charge >= 0.3 is 0 Å². The molecule has 0 unspecified atom stereocenters. The van der Waals surface area contributed by atoms with Gasteiger partial charge in [0.2, 0.25) is 21.8 Å². The van der Waals surface area contributed by atoms with Crippen LogP contribution in [0.5, 0.6) is 0 Å². The van der Waals surface area contributed by atoms with Crippen molar-refractivity contribution in [2.45, 2.75) is 62.6 Å². The molecule has 7 nitrogen and oxygen atoms in total. The first kappa shape index (κ1) is 27.6. The smallest absolute Gasteiger partial charge is 0.243 e. The van der Waals surface area contributed by atoms with Gasteiger partial charge in [0.1, 0.15) is 6.04 Å². The third-order valence-corrected chi connectivity index (χ3v) is 8.86. The summed E-state index contributed by atoms with van der Waals surface area (Å²) >= 11 is 9.28. The Morgan fingerprint density at radius 1 is 1.06 bits per heavy atom. The summed E-state index contributed by atoms with van der Waals surface area (Å²) in [7, 11) is -2.56. The van der Waals surface area contributed by atoms with Crippen LogP contribution in [0.15, 0.2) is 57.9 Å². The first-order chi connectivity index (χ1) is 16.6. The second-order valence-electron chi connectivity index (χ2n) is 8.88. The molecule has 0 aromatic heterocycles. The minimum Gasteiger partial charge on any atom is -0.352 e. The molecule has 1 aliphatic carbocycles. The number of rotatable bonds is 9. The summed E-state index contributed by atoms with van der Waals surface area (Å²) in [6.45, 7) is 1.46. The summed E-state index contributed by atoms with van der Waals surface area (Å²) in [5.74, 6) is -0.690. The molecule has 1 N–H and O–H groups in total. The largest absolute Gasteiger partial charge is 0.352 e. The standard InChI is InChI=1S/C25H31BrClN3O4S/c1-18(25(32)28-22-6-4-3-5-7-22)30(16-19-8-10-20(26)11-9-19)24(31)17-29(2)35(33,34)23-14-12-21(27)13-15-23/h8-15,18,22H,3-7,16-17H2,1-2H3,(H,28,32)/t18-/m1/s1. The first-order valence-electron chi connectivity index (χ1n) is 11.6. The highest BCUT2D eigenvalue weighted by atomic mass is 79.9. The zero-order valence-corrected chi connectivity index (χ0v) is 23.1. The molecule has 1 saturated carbocycles. The Hall–Kier alpha value is -1.94. The van der Waals surface area contributed by atoms with Gasteiger partial charge in [-0.25, -0.2) is 8.42 Å². The minimum atomic E-state index is -3.91. The second-order valence-corrected chi connectivity index (χ2v) is 12.3. The van der Waals surface area contributed by atoms with Crippen LogP contribution >= 0.6 is 27.5 Å². The SMILES string of the molecule is C[C@H](C(=O)NC1CCCCC1)N(Cc1ccc(Br)cc1)C(=O)CN(C)S(=O)(=O)c1ccc(Cl)cc1. The molecule has 1 aliphatic rings. The van der Waals surface area contributed by atoms with E-state index in [0.29, 0.717) is 5.02 Å². The summed E-state index contributed by atoms with van der Waals surface area (Å²) in [5, 5.41) is 3.50. The van der Waals surface area contributed by atoms with E-state index in [1.165, 1.54) is 42.6 Å². The van der Waals surface area contributed by atoms with Gasteiger partial charge in [-0.05, 0) is 61.7 Å². The van der Waals surface area contributed by atoms with Gasteiger partial charge in [-0.3, -0.25) is 9.59 Å². The van der Waals surface area contributed by atoms with E-state index in [-0.39, 0.29) is 23.4 Å². The summed E-state index contributed by atoms with van der Waals surface area (Å²) < 4.78 is 27.9. The molecule has 0 heterocycles. The van der Waals surface area contributed by atoms with Crippen molar-refractivity contribution in [3.63, 3.8) is 0 Å². The van der Waals surface area contributed by atoms with E-state index >= 15 is 0 Å². The highest BCUT2D eigenvalue weighted by molar-refractivity contribution is 9.10. The summed E-state index contributed by atoms with van der Waals surface area (Å²) in [5.41, 5.74) is 0.835. The molecule has 35 heavy (non-hydrogen) atoms. The number of amides is 2. The van der Waals surface area contributed by atoms with Crippen LogP contribution in [0, 0.1) is 0 Å². The fraction of sp³-hybridized carbons (Fsp3) is 0.440. The minimum absolute atomic E-state index is 0.0414. The van der Waals surface area contributed by atoms with Gasteiger partial charge in [-0.15, -0.1) is 0 Å².